The molecule has 0 bridgehead atoms. The van der Waals surface area contributed by atoms with Crippen LogP contribution in [0.1, 0.15) is 18.4 Å². The van der Waals surface area contributed by atoms with Crippen molar-refractivity contribution in [2.45, 2.75) is 20.1 Å². The molecule has 3 aromatic rings. The molecular formula is C21H17FN4O5S. The quantitative estimate of drug-likeness (QED) is 0.524. The van der Waals surface area contributed by atoms with E-state index in [9.17, 15) is 17.6 Å². The van der Waals surface area contributed by atoms with E-state index >= 15 is 0 Å². The van der Waals surface area contributed by atoms with E-state index < -0.39 is 22.0 Å². The fourth-order valence-electron chi connectivity index (χ4n) is 2.93. The van der Waals surface area contributed by atoms with Gasteiger partial charge in [-0.25, -0.2) is 9.18 Å². The van der Waals surface area contributed by atoms with Gasteiger partial charge in [0.25, 0.3) is 5.89 Å². The number of halogens is 1. The van der Waals surface area contributed by atoms with Crippen LogP contribution in [0.15, 0.2) is 75.3 Å². The van der Waals surface area contributed by atoms with Gasteiger partial charge in [0.05, 0.1) is 17.8 Å². The molecule has 1 aliphatic heterocycles. The van der Waals surface area contributed by atoms with Crippen LogP contribution in [0, 0.1) is 5.82 Å². The Kier molecular flexibility index (Phi) is 5.82. The molecule has 4 rings (SSSR count). The van der Waals surface area contributed by atoms with Crippen molar-refractivity contribution in [2.75, 3.05) is 0 Å². The van der Waals surface area contributed by atoms with Crippen LogP contribution in [-0.4, -0.2) is 34.5 Å². The van der Waals surface area contributed by atoms with E-state index in [1.54, 1.807) is 30.3 Å². The fraction of sp³-hybridized carbons (Fsp3) is 0.143. The molecule has 1 aromatic heterocycles. The number of rotatable bonds is 6. The maximum atomic E-state index is 13.4. The first-order valence-electron chi connectivity index (χ1n) is 9.42. The lowest BCUT2D eigenvalue weighted by Crippen LogP contribution is -2.31. The molecule has 0 atom stereocenters. The van der Waals surface area contributed by atoms with E-state index in [2.05, 4.69) is 14.5 Å². The van der Waals surface area contributed by atoms with Crippen molar-refractivity contribution >= 4 is 21.9 Å². The molecular weight excluding hydrogens is 439 g/mol. The predicted molar refractivity (Wildman–Crippen MR) is 112 cm³/mol. The summed E-state index contributed by atoms with van der Waals surface area (Å²) >= 11 is 0. The van der Waals surface area contributed by atoms with Gasteiger partial charge in [-0.05, 0) is 24.6 Å². The Bertz CT molecular complexity index is 1320. The minimum absolute atomic E-state index is 0.00243. The number of nitrogens with zero attached hydrogens (tertiary/aromatic N) is 4. The fourth-order valence-corrected chi connectivity index (χ4v) is 4.03. The van der Waals surface area contributed by atoms with Gasteiger partial charge in [0.15, 0.2) is 6.61 Å². The molecule has 0 radical (unpaired) electrons. The molecule has 1 aliphatic rings. The second kappa shape index (κ2) is 8.71. The smallest absolute Gasteiger partial charge is 0.344 e. The number of hydrogen-bond acceptors (Lipinski definition) is 7. The Morgan fingerprint density at radius 2 is 1.94 bits per heavy atom. The van der Waals surface area contributed by atoms with E-state index in [1.807, 2.05) is 6.07 Å². The molecule has 0 fully saturated rings. The Hall–Kier alpha value is -3.86. The normalized spacial score (nSPS) is 15.1. The minimum Gasteiger partial charge on any atom is -0.452 e. The molecule has 32 heavy (non-hydrogen) atoms. The second-order valence-electron chi connectivity index (χ2n) is 6.83. The van der Waals surface area contributed by atoms with Crippen molar-refractivity contribution in [3.05, 3.63) is 83.6 Å². The van der Waals surface area contributed by atoms with Gasteiger partial charge < -0.3 is 9.26 Å². The summed E-state index contributed by atoms with van der Waals surface area (Å²) in [6, 6.07) is 14.5. The summed E-state index contributed by atoms with van der Waals surface area (Å²) in [5.74, 6) is -1.11. The average molecular weight is 456 g/mol. The minimum atomic E-state index is -3.97. The van der Waals surface area contributed by atoms with E-state index in [0.717, 1.165) is 9.87 Å². The van der Waals surface area contributed by atoms with Crippen LogP contribution in [0.25, 0.3) is 11.4 Å². The summed E-state index contributed by atoms with van der Waals surface area (Å²) in [7, 11) is -3.97. The number of aromatic nitrogens is 2. The number of benzene rings is 2. The highest BCUT2D eigenvalue weighted by molar-refractivity contribution is 7.88. The Morgan fingerprint density at radius 1 is 1.16 bits per heavy atom. The number of carbonyl (C=O) groups is 1. The largest absolute Gasteiger partial charge is 0.452 e. The van der Waals surface area contributed by atoms with Gasteiger partial charge in [-0.3, -0.25) is 4.31 Å². The van der Waals surface area contributed by atoms with Crippen molar-refractivity contribution in [3.63, 3.8) is 0 Å². The van der Waals surface area contributed by atoms with Crippen molar-refractivity contribution in [3.8, 4) is 11.4 Å². The first kappa shape index (κ1) is 21.4. The van der Waals surface area contributed by atoms with Gasteiger partial charge >= 0.3 is 16.2 Å². The van der Waals surface area contributed by atoms with E-state index in [1.165, 1.54) is 31.3 Å². The monoisotopic (exact) mass is 456 g/mol. The third-order valence-electron chi connectivity index (χ3n) is 4.49. The number of esters is 1. The maximum Gasteiger partial charge on any atom is 0.344 e. The van der Waals surface area contributed by atoms with Crippen LogP contribution in [0.5, 0.6) is 0 Å². The van der Waals surface area contributed by atoms with Gasteiger partial charge in [-0.2, -0.15) is 13.4 Å². The molecule has 0 saturated heterocycles. The highest BCUT2D eigenvalue weighted by atomic mass is 32.2. The SMILES string of the molecule is CC1=NS(=O)(=O)N(Cc2ccccc2)C=C1C(=O)OCc1nc(-c2cccc(F)c2)no1. The van der Waals surface area contributed by atoms with Crippen LogP contribution in [0.4, 0.5) is 4.39 Å². The number of ether oxygens (including phenoxy) is 1. The number of carbonyl (C=O) groups excluding carboxylic acids is 1. The topological polar surface area (TPSA) is 115 Å². The van der Waals surface area contributed by atoms with Crippen LogP contribution in [-0.2, 0) is 32.9 Å². The first-order valence-corrected chi connectivity index (χ1v) is 10.8. The lowest BCUT2D eigenvalue weighted by molar-refractivity contribution is -0.140. The second-order valence-corrected chi connectivity index (χ2v) is 8.37. The average Bonchev–Trinajstić information content (AvgIpc) is 3.23. The maximum absolute atomic E-state index is 13.4. The summed E-state index contributed by atoms with van der Waals surface area (Å²) < 4.78 is 53.0. The molecule has 0 amide bonds. The molecule has 11 heteroatoms. The van der Waals surface area contributed by atoms with Gasteiger partial charge in [-0.15, -0.1) is 4.40 Å². The van der Waals surface area contributed by atoms with E-state index in [-0.39, 0.29) is 36.2 Å². The van der Waals surface area contributed by atoms with Crippen molar-refractivity contribution in [1.82, 2.24) is 14.4 Å². The highest BCUT2D eigenvalue weighted by Crippen LogP contribution is 2.21. The van der Waals surface area contributed by atoms with Crippen LogP contribution in [0.3, 0.4) is 0 Å². The molecule has 0 saturated carbocycles. The van der Waals surface area contributed by atoms with Gasteiger partial charge in [0.1, 0.15) is 5.82 Å². The molecule has 0 unspecified atom stereocenters. The van der Waals surface area contributed by atoms with Crippen LogP contribution >= 0.6 is 0 Å². The summed E-state index contributed by atoms with van der Waals surface area (Å²) in [6.07, 6.45) is 1.19. The van der Waals surface area contributed by atoms with E-state index in [0.29, 0.717) is 5.56 Å². The highest BCUT2D eigenvalue weighted by Gasteiger charge is 2.29. The van der Waals surface area contributed by atoms with Crippen LogP contribution < -0.4 is 0 Å². The summed E-state index contributed by atoms with van der Waals surface area (Å²) in [4.78, 5) is 16.7. The summed E-state index contributed by atoms with van der Waals surface area (Å²) in [6.45, 7) is 1.06. The molecule has 0 aliphatic carbocycles. The number of hydrogen-bond donors (Lipinski definition) is 0. The zero-order valence-corrected chi connectivity index (χ0v) is 17.6. The molecule has 164 valence electrons. The molecule has 2 heterocycles. The molecule has 9 nitrogen and oxygen atoms in total. The van der Waals surface area contributed by atoms with E-state index in [4.69, 9.17) is 9.26 Å². The lowest BCUT2D eigenvalue weighted by Gasteiger charge is -2.23. The van der Waals surface area contributed by atoms with Gasteiger partial charge in [-0.1, -0.05) is 47.6 Å². The molecule has 0 N–H and O–H groups in total. The molecule has 0 spiro atoms. The third kappa shape index (κ3) is 4.72. The van der Waals surface area contributed by atoms with Gasteiger partial charge in [0, 0.05) is 11.8 Å². The zero-order chi connectivity index (χ0) is 22.7. The first-order chi connectivity index (χ1) is 15.3. The molecule has 2 aromatic carbocycles. The van der Waals surface area contributed by atoms with Crippen molar-refractivity contribution < 1.29 is 26.9 Å². The third-order valence-corrected chi connectivity index (χ3v) is 5.82. The Morgan fingerprint density at radius 3 is 2.69 bits per heavy atom. The zero-order valence-electron chi connectivity index (χ0n) is 16.8. The van der Waals surface area contributed by atoms with Crippen molar-refractivity contribution in [2.24, 2.45) is 4.40 Å². The summed E-state index contributed by atoms with van der Waals surface area (Å²) in [5.41, 5.74) is 1.13. The lowest BCUT2D eigenvalue weighted by atomic mass is 10.2. The summed E-state index contributed by atoms with van der Waals surface area (Å²) in [5, 5.41) is 3.74. The predicted octanol–water partition coefficient (Wildman–Crippen LogP) is 3.02. The van der Waals surface area contributed by atoms with Crippen LogP contribution in [0.2, 0.25) is 0 Å². The Labute approximate surface area is 183 Å². The standard InChI is InChI=1S/C21H17FN4O5S/c1-14-18(12-26(32(28,29)25-14)11-15-6-3-2-4-7-15)21(27)30-13-19-23-20(24-31-19)16-8-5-9-17(22)10-16/h2-10,12H,11,13H2,1H3. The van der Waals surface area contributed by atoms with Crippen molar-refractivity contribution in [1.29, 1.82) is 0 Å². The Balaban J connectivity index is 1.47. The van der Waals surface area contributed by atoms with Gasteiger partial charge in [0.2, 0.25) is 5.82 Å².